The van der Waals surface area contributed by atoms with Crippen LogP contribution in [0.2, 0.25) is 0 Å². The predicted octanol–water partition coefficient (Wildman–Crippen LogP) is 5.03. The minimum absolute atomic E-state index is 0.0323. The molecule has 7 rings (SSSR count). The van der Waals surface area contributed by atoms with Crippen molar-refractivity contribution in [1.82, 2.24) is 4.72 Å². The molecule has 2 unspecified atom stereocenters. The highest BCUT2D eigenvalue weighted by molar-refractivity contribution is 7.90. The number of nitrogens with zero attached hydrogens (tertiary/aromatic N) is 1. The van der Waals surface area contributed by atoms with Gasteiger partial charge in [0, 0.05) is 47.5 Å². The number of rotatable bonds is 0. The number of carbonyl (C=O) groups excluding carboxylic acids is 1. The summed E-state index contributed by atoms with van der Waals surface area (Å²) in [6, 6.07) is 5.31. The second kappa shape index (κ2) is 10.8. The predicted molar refractivity (Wildman–Crippen MR) is 161 cm³/mol. The third-order valence-corrected chi connectivity index (χ3v) is 12.7. The third kappa shape index (κ3) is 5.08. The number of ether oxygens (including phenoxy) is 3. The molecule has 2 saturated carbocycles. The Labute approximate surface area is 253 Å². The number of fused-ring (bicyclic) bond motifs is 7. The summed E-state index contributed by atoms with van der Waals surface area (Å²) in [5.74, 6) is 1.05. The highest BCUT2D eigenvalue weighted by Gasteiger charge is 2.56. The van der Waals surface area contributed by atoms with Crippen LogP contribution in [0.4, 0.5) is 5.69 Å². The van der Waals surface area contributed by atoms with Crippen LogP contribution < -0.4 is 14.4 Å². The lowest BCUT2D eigenvalue weighted by Gasteiger charge is -2.56. The summed E-state index contributed by atoms with van der Waals surface area (Å²) in [6.45, 7) is 5.21. The van der Waals surface area contributed by atoms with E-state index < -0.39 is 15.9 Å². The van der Waals surface area contributed by atoms with Gasteiger partial charge in [-0.05, 0) is 74.1 Å². The van der Waals surface area contributed by atoms with Crippen LogP contribution >= 0.6 is 11.6 Å². The van der Waals surface area contributed by atoms with Crippen LogP contribution in [0.5, 0.6) is 5.75 Å². The molecule has 3 heterocycles. The van der Waals surface area contributed by atoms with Gasteiger partial charge in [-0.3, -0.25) is 4.79 Å². The number of nitrogens with one attached hydrogen (secondary N) is 1. The summed E-state index contributed by atoms with van der Waals surface area (Å²) >= 11 is 6.49. The summed E-state index contributed by atoms with van der Waals surface area (Å²) in [5, 5.41) is 0.801. The topological polar surface area (TPSA) is 94.2 Å². The second-order valence-electron chi connectivity index (χ2n) is 13.5. The first-order chi connectivity index (χ1) is 20.1. The molecule has 0 aromatic heterocycles. The van der Waals surface area contributed by atoms with Gasteiger partial charge >= 0.3 is 0 Å². The van der Waals surface area contributed by atoms with Crippen molar-refractivity contribution >= 4 is 33.2 Å². The van der Waals surface area contributed by atoms with E-state index in [1.54, 1.807) is 6.07 Å². The molecular formula is C32H41ClN2O6S. The van der Waals surface area contributed by atoms with Crippen molar-refractivity contribution in [3.63, 3.8) is 0 Å². The molecule has 1 aromatic rings. The van der Waals surface area contributed by atoms with Gasteiger partial charge in [0.25, 0.3) is 5.91 Å². The summed E-state index contributed by atoms with van der Waals surface area (Å²) in [5.41, 5.74) is 0.872. The van der Waals surface area contributed by atoms with Crippen LogP contribution in [-0.4, -0.2) is 65.2 Å². The number of carbonyl (C=O) groups is 1. The van der Waals surface area contributed by atoms with Crippen LogP contribution in [0.25, 0.3) is 0 Å². The first-order valence-electron chi connectivity index (χ1n) is 15.5. The van der Waals surface area contributed by atoms with Crippen molar-refractivity contribution in [2.75, 3.05) is 43.6 Å². The third-order valence-electron chi connectivity index (χ3n) is 11.2. The Hall–Kier alpha value is -2.07. The fourth-order valence-electron chi connectivity index (χ4n) is 8.48. The largest absolute Gasteiger partial charge is 0.491 e. The van der Waals surface area contributed by atoms with Gasteiger partial charge < -0.3 is 19.1 Å². The molecule has 1 aromatic carbocycles. The Morgan fingerprint density at radius 3 is 2.83 bits per heavy atom. The van der Waals surface area contributed by atoms with Gasteiger partial charge in [0.05, 0.1) is 36.9 Å². The molecule has 3 fully saturated rings. The molecule has 1 N–H and O–H groups in total. The minimum Gasteiger partial charge on any atom is -0.491 e. The van der Waals surface area contributed by atoms with E-state index in [2.05, 4.69) is 28.7 Å². The zero-order chi connectivity index (χ0) is 29.1. The van der Waals surface area contributed by atoms with Gasteiger partial charge in [-0.25, -0.2) is 13.1 Å². The van der Waals surface area contributed by atoms with Gasteiger partial charge in [0.1, 0.15) is 5.75 Å². The van der Waals surface area contributed by atoms with Crippen molar-refractivity contribution in [1.29, 1.82) is 0 Å². The lowest BCUT2D eigenvalue weighted by Crippen LogP contribution is -2.56. The molecule has 4 bridgehead atoms. The van der Waals surface area contributed by atoms with Crippen LogP contribution in [0.1, 0.15) is 62.2 Å². The molecule has 1 spiro atoms. The van der Waals surface area contributed by atoms with Crippen LogP contribution in [-0.2, 0) is 19.5 Å². The standard InChI is InChI=1S/C32H41ClN2O6S/c1-31-11-8-24(33)16-23(31)3-2-10-32(31)19-35-18-22-4-6-26(22)29-17-25(9-12-40-29)39-13-14-42(37,38)34-30(36)21-5-7-28(41-20-32)27(35)15-21/h5,7-8,11,15-16,22-23,25-26,29H,2-4,6,9-10,12-14,17-20H2,1H3,(H,34,36)/t22-,23?,25+,26+,29-,31?,32-/m0/s1. The summed E-state index contributed by atoms with van der Waals surface area (Å²) in [4.78, 5) is 15.7. The van der Waals surface area contributed by atoms with E-state index in [4.69, 9.17) is 25.8 Å². The van der Waals surface area contributed by atoms with Crippen molar-refractivity contribution in [3.8, 4) is 5.75 Å². The molecule has 10 heteroatoms. The Kier molecular flexibility index (Phi) is 7.39. The lowest BCUT2D eigenvalue weighted by molar-refractivity contribution is -0.115. The maximum Gasteiger partial charge on any atom is 0.264 e. The molecular weight excluding hydrogens is 576 g/mol. The van der Waals surface area contributed by atoms with E-state index in [1.165, 1.54) is 0 Å². The molecule has 3 aliphatic heterocycles. The van der Waals surface area contributed by atoms with Crippen LogP contribution in [0.15, 0.2) is 41.5 Å². The van der Waals surface area contributed by atoms with Crippen molar-refractivity contribution in [2.45, 2.75) is 64.1 Å². The van der Waals surface area contributed by atoms with Crippen LogP contribution in [0.3, 0.4) is 0 Å². The number of hydrogen-bond acceptors (Lipinski definition) is 7. The Balaban J connectivity index is 1.28. The zero-order valence-electron chi connectivity index (χ0n) is 24.2. The van der Waals surface area contributed by atoms with Gasteiger partial charge in [0.2, 0.25) is 10.0 Å². The van der Waals surface area contributed by atoms with Crippen LogP contribution in [0, 0.1) is 28.6 Å². The summed E-state index contributed by atoms with van der Waals surface area (Å²) in [6.07, 6.45) is 13.7. The van der Waals surface area contributed by atoms with Crippen molar-refractivity contribution < 1.29 is 27.4 Å². The second-order valence-corrected chi connectivity index (χ2v) is 15.8. The maximum atomic E-state index is 13.2. The maximum absolute atomic E-state index is 13.2. The molecule has 42 heavy (non-hydrogen) atoms. The molecule has 6 aliphatic rings. The first kappa shape index (κ1) is 28.7. The number of anilines is 1. The Morgan fingerprint density at radius 1 is 1.12 bits per heavy atom. The highest BCUT2D eigenvalue weighted by atomic mass is 35.5. The smallest absolute Gasteiger partial charge is 0.264 e. The fourth-order valence-corrected chi connectivity index (χ4v) is 9.51. The number of hydrogen-bond donors (Lipinski definition) is 1. The molecule has 3 aliphatic carbocycles. The number of sulfonamides is 1. The SMILES string of the molecule is CC12C=CC(Cl)=CC1CCC[C@]21COc2ccc3cc2N(C[C@@H]2CC[C@H]2[C@@H]2C[C@@H](CCO2)OCCS(=O)(=O)NC3=O)C1. The van der Waals surface area contributed by atoms with Gasteiger partial charge in [-0.15, -0.1) is 0 Å². The normalized spacial score (nSPS) is 39.5. The van der Waals surface area contributed by atoms with E-state index in [9.17, 15) is 13.2 Å². The lowest BCUT2D eigenvalue weighted by atomic mass is 9.51. The minimum atomic E-state index is -3.86. The monoisotopic (exact) mass is 616 g/mol. The molecule has 1 saturated heterocycles. The number of halogens is 1. The van der Waals surface area contributed by atoms with E-state index in [0.717, 1.165) is 74.5 Å². The average molecular weight is 617 g/mol. The van der Waals surface area contributed by atoms with Gasteiger partial charge in [0.15, 0.2) is 0 Å². The van der Waals surface area contributed by atoms with E-state index >= 15 is 0 Å². The number of amides is 1. The van der Waals surface area contributed by atoms with Crippen molar-refractivity contribution in [2.24, 2.45) is 28.6 Å². The van der Waals surface area contributed by atoms with Gasteiger partial charge in [-0.2, -0.15) is 0 Å². The average Bonchev–Trinajstić information content (AvgIpc) is 3.09. The summed E-state index contributed by atoms with van der Waals surface area (Å²) in [7, 11) is -3.86. The number of benzene rings is 1. The highest BCUT2D eigenvalue weighted by Crippen LogP contribution is 2.59. The van der Waals surface area contributed by atoms with Crippen molar-refractivity contribution in [3.05, 3.63) is 47.0 Å². The first-order valence-corrected chi connectivity index (χ1v) is 17.5. The molecule has 8 nitrogen and oxygen atoms in total. The number of allylic oxidation sites excluding steroid dienone is 4. The Morgan fingerprint density at radius 2 is 2.00 bits per heavy atom. The van der Waals surface area contributed by atoms with E-state index in [-0.39, 0.29) is 35.4 Å². The summed E-state index contributed by atoms with van der Waals surface area (Å²) < 4.78 is 46.8. The Bertz CT molecular complexity index is 1410. The molecule has 0 radical (unpaired) electrons. The fraction of sp³-hybridized carbons (Fsp3) is 0.656. The quantitative estimate of drug-likeness (QED) is 0.437. The zero-order valence-corrected chi connectivity index (χ0v) is 25.8. The molecule has 7 atom stereocenters. The van der Waals surface area contributed by atoms with E-state index in [1.807, 2.05) is 18.2 Å². The van der Waals surface area contributed by atoms with Gasteiger partial charge in [-0.1, -0.05) is 37.1 Å². The molecule has 228 valence electrons. The molecule has 1 amide bonds. The van der Waals surface area contributed by atoms with E-state index in [0.29, 0.717) is 36.5 Å².